The molecule has 1 heterocycles. The number of carbonyl (C=O) groups is 1. The molecule has 7 nitrogen and oxygen atoms in total. The zero-order chi connectivity index (χ0) is 24.8. The molecule has 1 unspecified atom stereocenters. The fourth-order valence-electron chi connectivity index (χ4n) is 3.76. The zero-order valence-corrected chi connectivity index (χ0v) is 21.4. The minimum atomic E-state index is -3.43. The third-order valence-electron chi connectivity index (χ3n) is 5.86. The summed E-state index contributed by atoms with van der Waals surface area (Å²) in [5.41, 5.74) is 1.26. The maximum atomic E-state index is 12.6. The van der Waals surface area contributed by atoms with E-state index in [1.54, 1.807) is 24.3 Å². The van der Waals surface area contributed by atoms with Crippen LogP contribution in [0, 0.1) is 0 Å². The number of nitrogens with one attached hydrogen (secondary N) is 1. The lowest BCUT2D eigenvalue weighted by atomic mass is 9.87. The van der Waals surface area contributed by atoms with Crippen molar-refractivity contribution in [2.24, 2.45) is 0 Å². The summed E-state index contributed by atoms with van der Waals surface area (Å²) in [5.74, 6) is 1.02. The van der Waals surface area contributed by atoms with Gasteiger partial charge in [0.2, 0.25) is 10.0 Å². The average molecular weight is 489 g/mol. The Morgan fingerprint density at radius 1 is 1.00 bits per heavy atom. The number of carbonyl (C=O) groups excluding carboxylic acids is 1. The maximum Gasteiger partial charge on any atom is 0.261 e. The lowest BCUT2D eigenvalue weighted by molar-refractivity contribution is -0.128. The summed E-state index contributed by atoms with van der Waals surface area (Å²) in [5, 5.41) is 2.84. The third-order valence-corrected chi connectivity index (χ3v) is 7.77. The minimum Gasteiger partial charge on any atom is -0.492 e. The monoisotopic (exact) mass is 488 g/mol. The molecule has 0 aromatic heterocycles. The number of nitrogens with zero attached hydrogens (tertiary/aromatic N) is 1. The standard InChI is InChI=1S/C26H36N2O5S/c1-5-24(33-22-10-8-20(9-11-22)26(2,3)4)25(29)27-16-19-32-21-12-14-23(15-13-21)34(30,31)28-17-6-7-18-28/h8-15,24H,5-7,16-19H2,1-4H3,(H,27,29). The van der Waals surface area contributed by atoms with Crippen LogP contribution in [0.4, 0.5) is 0 Å². The van der Waals surface area contributed by atoms with Gasteiger partial charge in [0, 0.05) is 13.1 Å². The van der Waals surface area contributed by atoms with Gasteiger partial charge in [0.25, 0.3) is 5.91 Å². The molecule has 0 bridgehead atoms. The van der Waals surface area contributed by atoms with E-state index in [0.717, 1.165) is 12.8 Å². The second-order valence-corrected chi connectivity index (χ2v) is 11.4. The highest BCUT2D eigenvalue weighted by Gasteiger charge is 2.27. The van der Waals surface area contributed by atoms with Crippen LogP contribution in [-0.4, -0.2) is 51.0 Å². The summed E-state index contributed by atoms with van der Waals surface area (Å²) in [6.45, 7) is 10.1. The molecule has 186 valence electrons. The van der Waals surface area contributed by atoms with Gasteiger partial charge in [-0.15, -0.1) is 0 Å². The summed E-state index contributed by atoms with van der Waals surface area (Å²) in [6.07, 6.45) is 1.76. The number of ether oxygens (including phenoxy) is 2. The highest BCUT2D eigenvalue weighted by Crippen LogP contribution is 2.25. The molecule has 1 N–H and O–H groups in total. The Hall–Kier alpha value is -2.58. The summed E-state index contributed by atoms with van der Waals surface area (Å²) < 4.78 is 38.2. The summed E-state index contributed by atoms with van der Waals surface area (Å²) >= 11 is 0. The Morgan fingerprint density at radius 2 is 1.59 bits per heavy atom. The number of sulfonamides is 1. The Balaban J connectivity index is 1.45. The first-order valence-electron chi connectivity index (χ1n) is 11.9. The Kier molecular flexibility index (Phi) is 8.60. The van der Waals surface area contributed by atoms with Crippen LogP contribution in [0.3, 0.4) is 0 Å². The average Bonchev–Trinajstić information content (AvgIpc) is 3.36. The normalized spacial score (nSPS) is 15.6. The molecule has 1 aliphatic rings. The van der Waals surface area contributed by atoms with Gasteiger partial charge in [-0.1, -0.05) is 39.8 Å². The van der Waals surface area contributed by atoms with Gasteiger partial charge in [0.1, 0.15) is 18.1 Å². The lowest BCUT2D eigenvalue weighted by Gasteiger charge is -2.21. The van der Waals surface area contributed by atoms with E-state index < -0.39 is 16.1 Å². The molecular weight excluding hydrogens is 452 g/mol. The molecule has 1 saturated heterocycles. The van der Waals surface area contributed by atoms with Crippen molar-refractivity contribution in [1.82, 2.24) is 9.62 Å². The molecule has 0 spiro atoms. The lowest BCUT2D eigenvalue weighted by Crippen LogP contribution is -2.39. The molecule has 2 aromatic rings. The number of benzene rings is 2. The van der Waals surface area contributed by atoms with Gasteiger partial charge in [0.15, 0.2) is 6.10 Å². The van der Waals surface area contributed by atoms with E-state index >= 15 is 0 Å². The quantitative estimate of drug-likeness (QED) is 0.509. The molecule has 8 heteroatoms. The van der Waals surface area contributed by atoms with Crippen molar-refractivity contribution in [3.05, 3.63) is 54.1 Å². The molecule has 1 aliphatic heterocycles. The number of rotatable bonds is 10. The van der Waals surface area contributed by atoms with Gasteiger partial charge in [-0.05, 0) is 66.6 Å². The van der Waals surface area contributed by atoms with Gasteiger partial charge >= 0.3 is 0 Å². The topological polar surface area (TPSA) is 84.9 Å². The highest BCUT2D eigenvalue weighted by molar-refractivity contribution is 7.89. The van der Waals surface area contributed by atoms with Crippen molar-refractivity contribution in [2.75, 3.05) is 26.2 Å². The van der Waals surface area contributed by atoms with Gasteiger partial charge in [-0.2, -0.15) is 4.31 Å². The largest absolute Gasteiger partial charge is 0.492 e. The molecule has 0 aliphatic carbocycles. The minimum absolute atomic E-state index is 0.0581. The van der Waals surface area contributed by atoms with E-state index in [4.69, 9.17) is 9.47 Å². The Morgan fingerprint density at radius 3 is 2.15 bits per heavy atom. The van der Waals surface area contributed by atoms with Crippen molar-refractivity contribution in [2.45, 2.75) is 63.4 Å². The van der Waals surface area contributed by atoms with Crippen LogP contribution in [0.1, 0.15) is 52.5 Å². The summed E-state index contributed by atoms with van der Waals surface area (Å²) in [6, 6.07) is 14.3. The second-order valence-electron chi connectivity index (χ2n) is 9.51. The molecule has 1 atom stereocenters. The van der Waals surface area contributed by atoms with Gasteiger partial charge in [-0.25, -0.2) is 8.42 Å². The smallest absolute Gasteiger partial charge is 0.261 e. The fraction of sp³-hybridized carbons (Fsp3) is 0.500. The number of hydrogen-bond donors (Lipinski definition) is 1. The fourth-order valence-corrected chi connectivity index (χ4v) is 5.28. The first-order valence-corrected chi connectivity index (χ1v) is 13.3. The first kappa shape index (κ1) is 26.0. The molecule has 0 radical (unpaired) electrons. The molecule has 34 heavy (non-hydrogen) atoms. The highest BCUT2D eigenvalue weighted by atomic mass is 32.2. The maximum absolute atomic E-state index is 12.6. The molecule has 3 rings (SSSR count). The summed E-state index contributed by atoms with van der Waals surface area (Å²) in [7, 11) is -3.43. The van der Waals surface area contributed by atoms with Crippen LogP contribution in [-0.2, 0) is 20.2 Å². The van der Waals surface area contributed by atoms with Crippen LogP contribution in [0.25, 0.3) is 0 Å². The Labute approximate surface area is 203 Å². The van der Waals surface area contributed by atoms with Crippen LogP contribution < -0.4 is 14.8 Å². The molecule has 2 aromatic carbocycles. The predicted octanol–water partition coefficient (Wildman–Crippen LogP) is 4.12. The van der Waals surface area contributed by atoms with Gasteiger partial charge < -0.3 is 14.8 Å². The van der Waals surface area contributed by atoms with Crippen molar-refractivity contribution < 1.29 is 22.7 Å². The van der Waals surface area contributed by atoms with Crippen LogP contribution >= 0.6 is 0 Å². The van der Waals surface area contributed by atoms with E-state index in [9.17, 15) is 13.2 Å². The van der Waals surface area contributed by atoms with Gasteiger partial charge in [0.05, 0.1) is 11.4 Å². The van der Waals surface area contributed by atoms with Gasteiger partial charge in [-0.3, -0.25) is 4.79 Å². The molecule has 0 saturated carbocycles. The van der Waals surface area contributed by atoms with Crippen LogP contribution in [0.2, 0.25) is 0 Å². The summed E-state index contributed by atoms with van der Waals surface area (Å²) in [4.78, 5) is 12.8. The van der Waals surface area contributed by atoms with Crippen LogP contribution in [0.5, 0.6) is 11.5 Å². The van der Waals surface area contributed by atoms with E-state index in [1.165, 1.54) is 9.87 Å². The third kappa shape index (κ3) is 6.73. The van der Waals surface area contributed by atoms with Crippen molar-refractivity contribution in [1.29, 1.82) is 0 Å². The first-order chi connectivity index (χ1) is 16.1. The zero-order valence-electron chi connectivity index (χ0n) is 20.5. The van der Waals surface area contributed by atoms with Crippen molar-refractivity contribution >= 4 is 15.9 Å². The molecule has 1 amide bonds. The van der Waals surface area contributed by atoms with E-state index in [2.05, 4.69) is 26.1 Å². The Bertz CT molecular complexity index is 1040. The predicted molar refractivity (Wildman–Crippen MR) is 133 cm³/mol. The molecular formula is C26H36N2O5S. The number of amides is 1. The van der Waals surface area contributed by atoms with E-state index in [1.807, 2.05) is 31.2 Å². The second kappa shape index (κ2) is 11.2. The number of hydrogen-bond acceptors (Lipinski definition) is 5. The van der Waals surface area contributed by atoms with E-state index in [0.29, 0.717) is 37.6 Å². The van der Waals surface area contributed by atoms with Crippen molar-refractivity contribution in [3.63, 3.8) is 0 Å². The van der Waals surface area contributed by atoms with E-state index in [-0.39, 0.29) is 22.8 Å². The van der Waals surface area contributed by atoms with Crippen molar-refractivity contribution in [3.8, 4) is 11.5 Å². The SMILES string of the molecule is CCC(Oc1ccc(C(C)(C)C)cc1)C(=O)NCCOc1ccc(S(=O)(=O)N2CCCC2)cc1. The van der Waals surface area contributed by atoms with Crippen LogP contribution in [0.15, 0.2) is 53.4 Å². The molecule has 1 fully saturated rings.